The summed E-state index contributed by atoms with van der Waals surface area (Å²) in [6, 6.07) is 7.40. The van der Waals surface area contributed by atoms with E-state index < -0.39 is 0 Å². The molecule has 1 aromatic carbocycles. The average Bonchev–Trinajstić information content (AvgIpc) is 3.06. The minimum absolute atomic E-state index is 0.0235. The van der Waals surface area contributed by atoms with E-state index in [0.29, 0.717) is 30.2 Å². The van der Waals surface area contributed by atoms with Gasteiger partial charge in [-0.3, -0.25) is 4.79 Å². The molecular formula is C18H19NO3S. The van der Waals surface area contributed by atoms with Crippen LogP contribution in [0.4, 0.5) is 0 Å². The van der Waals surface area contributed by atoms with Gasteiger partial charge >= 0.3 is 0 Å². The predicted molar refractivity (Wildman–Crippen MR) is 91.4 cm³/mol. The average molecular weight is 329 g/mol. The molecule has 1 aromatic heterocycles. The molecule has 5 heteroatoms. The Balaban J connectivity index is 1.78. The van der Waals surface area contributed by atoms with Crippen LogP contribution in [0, 0.1) is 0 Å². The Labute approximate surface area is 140 Å². The highest BCUT2D eigenvalue weighted by Gasteiger charge is 2.23. The van der Waals surface area contributed by atoms with Crippen molar-refractivity contribution in [1.82, 2.24) is 4.90 Å². The van der Waals surface area contributed by atoms with E-state index in [1.807, 2.05) is 4.90 Å². The third-order valence-corrected chi connectivity index (χ3v) is 4.89. The Morgan fingerprint density at radius 3 is 3.04 bits per heavy atom. The normalized spacial score (nSPS) is 13.3. The summed E-state index contributed by atoms with van der Waals surface area (Å²) in [5.74, 6) is 1.20. The van der Waals surface area contributed by atoms with Crippen molar-refractivity contribution in [2.75, 3.05) is 20.3 Å². The molecule has 2 aromatic rings. The Morgan fingerprint density at radius 1 is 1.39 bits per heavy atom. The van der Waals surface area contributed by atoms with Crippen molar-refractivity contribution in [3.05, 3.63) is 58.3 Å². The van der Waals surface area contributed by atoms with Crippen LogP contribution < -0.4 is 9.47 Å². The van der Waals surface area contributed by atoms with Gasteiger partial charge in [-0.2, -0.15) is 0 Å². The molecular weight excluding hydrogens is 310 g/mol. The van der Waals surface area contributed by atoms with Crippen molar-refractivity contribution in [2.45, 2.75) is 13.0 Å². The number of ether oxygens (including phenoxy) is 2. The number of nitrogens with zero attached hydrogens (tertiary/aromatic N) is 1. The first-order chi connectivity index (χ1) is 11.2. The van der Waals surface area contributed by atoms with E-state index >= 15 is 0 Å². The minimum atomic E-state index is 0.0235. The second-order valence-electron chi connectivity index (χ2n) is 5.31. The number of carbonyl (C=O) groups is 1. The van der Waals surface area contributed by atoms with E-state index in [1.54, 1.807) is 42.7 Å². The molecule has 0 radical (unpaired) electrons. The lowest BCUT2D eigenvalue weighted by atomic mass is 10.1. The fourth-order valence-corrected chi connectivity index (χ4v) is 3.56. The number of fused-ring (bicyclic) bond motifs is 1. The van der Waals surface area contributed by atoms with Gasteiger partial charge in [0.15, 0.2) is 11.5 Å². The molecule has 23 heavy (non-hydrogen) atoms. The molecule has 120 valence electrons. The van der Waals surface area contributed by atoms with E-state index in [9.17, 15) is 4.79 Å². The smallest absolute Gasteiger partial charge is 0.254 e. The number of carbonyl (C=O) groups excluding carboxylic acids is 1. The molecule has 1 aliphatic heterocycles. The summed E-state index contributed by atoms with van der Waals surface area (Å²) < 4.78 is 10.9. The van der Waals surface area contributed by atoms with Crippen LogP contribution >= 0.6 is 11.3 Å². The number of thiophene rings is 1. The lowest BCUT2D eigenvalue weighted by molar-refractivity contribution is 0.0735. The molecule has 1 amide bonds. The van der Waals surface area contributed by atoms with Crippen LogP contribution in [0.2, 0.25) is 0 Å². The van der Waals surface area contributed by atoms with Crippen LogP contribution in [0.15, 0.2) is 42.3 Å². The summed E-state index contributed by atoms with van der Waals surface area (Å²) in [7, 11) is 1.57. The number of amides is 1. The Morgan fingerprint density at radius 2 is 2.26 bits per heavy atom. The van der Waals surface area contributed by atoms with Gasteiger partial charge in [0, 0.05) is 23.5 Å². The third-order valence-electron chi connectivity index (χ3n) is 3.86. The summed E-state index contributed by atoms with van der Waals surface area (Å²) in [6.07, 6.45) is 2.60. The fourth-order valence-electron chi connectivity index (χ4n) is 2.67. The molecule has 0 fully saturated rings. The van der Waals surface area contributed by atoms with E-state index in [-0.39, 0.29) is 5.91 Å². The fraction of sp³-hybridized carbons (Fsp3) is 0.278. The van der Waals surface area contributed by atoms with Gasteiger partial charge in [0.2, 0.25) is 0 Å². The zero-order chi connectivity index (χ0) is 16.2. The molecule has 2 heterocycles. The largest absolute Gasteiger partial charge is 0.493 e. The Hall–Kier alpha value is -2.27. The first-order valence-electron chi connectivity index (χ1n) is 7.49. The van der Waals surface area contributed by atoms with Crippen molar-refractivity contribution >= 4 is 17.2 Å². The van der Waals surface area contributed by atoms with Gasteiger partial charge < -0.3 is 14.4 Å². The Bertz CT molecular complexity index is 723. The molecule has 4 nitrogen and oxygen atoms in total. The van der Waals surface area contributed by atoms with Gasteiger partial charge in [0.05, 0.1) is 7.11 Å². The summed E-state index contributed by atoms with van der Waals surface area (Å²) >= 11 is 1.77. The maximum absolute atomic E-state index is 12.7. The molecule has 0 saturated heterocycles. The number of hydrogen-bond donors (Lipinski definition) is 0. The summed E-state index contributed by atoms with van der Waals surface area (Å²) in [4.78, 5) is 16.0. The second kappa shape index (κ2) is 6.87. The lowest BCUT2D eigenvalue weighted by Gasteiger charge is -2.27. The van der Waals surface area contributed by atoms with Gasteiger partial charge in [0.25, 0.3) is 5.91 Å². The highest BCUT2D eigenvalue weighted by Crippen LogP contribution is 2.30. The maximum atomic E-state index is 12.7. The van der Waals surface area contributed by atoms with E-state index in [1.165, 1.54) is 10.4 Å². The van der Waals surface area contributed by atoms with Crippen LogP contribution in [0.25, 0.3) is 0 Å². The van der Waals surface area contributed by atoms with Gasteiger partial charge in [0.1, 0.15) is 6.61 Å². The molecule has 0 N–H and O–H groups in total. The van der Waals surface area contributed by atoms with Crippen LogP contribution in [0.3, 0.4) is 0 Å². The minimum Gasteiger partial charge on any atom is -0.493 e. The molecule has 0 atom stereocenters. The number of rotatable bonds is 5. The van der Waals surface area contributed by atoms with Gasteiger partial charge in [-0.1, -0.05) is 12.7 Å². The van der Waals surface area contributed by atoms with Crippen LogP contribution in [0.1, 0.15) is 20.8 Å². The van der Waals surface area contributed by atoms with Crippen molar-refractivity contribution in [3.8, 4) is 11.5 Å². The predicted octanol–water partition coefficient (Wildman–Crippen LogP) is 3.52. The third kappa shape index (κ3) is 3.24. The zero-order valence-corrected chi connectivity index (χ0v) is 13.9. The van der Waals surface area contributed by atoms with E-state index in [2.05, 4.69) is 18.0 Å². The van der Waals surface area contributed by atoms with Crippen LogP contribution in [0.5, 0.6) is 11.5 Å². The van der Waals surface area contributed by atoms with Gasteiger partial charge in [-0.05, 0) is 41.6 Å². The molecule has 3 rings (SSSR count). The zero-order valence-electron chi connectivity index (χ0n) is 13.1. The lowest BCUT2D eigenvalue weighted by Crippen LogP contribution is -2.35. The van der Waals surface area contributed by atoms with E-state index in [0.717, 1.165) is 13.0 Å². The molecule has 1 aliphatic rings. The molecule has 0 spiro atoms. The highest BCUT2D eigenvalue weighted by molar-refractivity contribution is 7.10. The molecule has 0 saturated carbocycles. The quantitative estimate of drug-likeness (QED) is 0.788. The number of benzene rings is 1. The molecule has 0 unspecified atom stereocenters. The van der Waals surface area contributed by atoms with Gasteiger partial charge in [-0.15, -0.1) is 11.3 Å². The molecule has 0 bridgehead atoms. The van der Waals surface area contributed by atoms with Crippen molar-refractivity contribution < 1.29 is 14.3 Å². The van der Waals surface area contributed by atoms with Crippen molar-refractivity contribution in [1.29, 1.82) is 0 Å². The van der Waals surface area contributed by atoms with E-state index in [4.69, 9.17) is 9.47 Å². The summed E-state index contributed by atoms with van der Waals surface area (Å²) in [5.41, 5.74) is 1.87. The standard InChI is InChI=1S/C18H19NO3S/c1-3-9-22-15-5-4-13(11-16(15)21-2)18(20)19-8-6-17-14(12-19)7-10-23-17/h3-5,7,10-11H,1,6,8-9,12H2,2H3. The first-order valence-corrected chi connectivity index (χ1v) is 8.37. The van der Waals surface area contributed by atoms with Crippen molar-refractivity contribution in [3.63, 3.8) is 0 Å². The van der Waals surface area contributed by atoms with Crippen molar-refractivity contribution in [2.24, 2.45) is 0 Å². The first kappa shape index (κ1) is 15.6. The van der Waals surface area contributed by atoms with Crippen LogP contribution in [-0.2, 0) is 13.0 Å². The monoisotopic (exact) mass is 329 g/mol. The highest BCUT2D eigenvalue weighted by atomic mass is 32.1. The topological polar surface area (TPSA) is 38.8 Å². The van der Waals surface area contributed by atoms with Gasteiger partial charge in [-0.25, -0.2) is 0 Å². The maximum Gasteiger partial charge on any atom is 0.254 e. The SMILES string of the molecule is C=CCOc1ccc(C(=O)N2CCc3sccc3C2)cc1OC. The molecule has 0 aliphatic carbocycles. The van der Waals surface area contributed by atoms with Crippen LogP contribution in [-0.4, -0.2) is 31.1 Å². The second-order valence-corrected chi connectivity index (χ2v) is 6.31. The number of hydrogen-bond acceptors (Lipinski definition) is 4. The number of methoxy groups -OCH3 is 1. The summed E-state index contributed by atoms with van der Waals surface area (Å²) in [5, 5.41) is 2.09. The summed E-state index contributed by atoms with van der Waals surface area (Å²) in [6.45, 7) is 5.45. The Kier molecular flexibility index (Phi) is 4.67.